The Labute approximate surface area is 138 Å². The lowest BCUT2D eigenvalue weighted by Gasteiger charge is -2.29. The normalized spacial score (nSPS) is 13.8. The molecule has 2 aromatic carbocycles. The molecule has 0 aliphatic carbocycles. The Kier molecular flexibility index (Phi) is 4.65. The van der Waals surface area contributed by atoms with Gasteiger partial charge in [0, 0.05) is 17.9 Å². The number of amides is 1. The molecule has 3 nitrogen and oxygen atoms in total. The van der Waals surface area contributed by atoms with Crippen molar-refractivity contribution in [1.29, 1.82) is 0 Å². The van der Waals surface area contributed by atoms with Crippen LogP contribution in [0.4, 0.5) is 11.4 Å². The fourth-order valence-electron chi connectivity index (χ4n) is 3.05. The van der Waals surface area contributed by atoms with Crippen LogP contribution < -0.4 is 10.2 Å². The number of fused-ring (bicyclic) bond motifs is 1. The highest BCUT2D eigenvalue weighted by Gasteiger charge is 2.21. The fourth-order valence-corrected chi connectivity index (χ4v) is 3.05. The number of benzene rings is 2. The molecule has 1 N–H and O–H groups in total. The summed E-state index contributed by atoms with van der Waals surface area (Å²) in [7, 11) is 0. The molecule has 0 atom stereocenters. The van der Waals surface area contributed by atoms with Gasteiger partial charge in [-0.2, -0.15) is 0 Å². The molecule has 0 fully saturated rings. The second-order valence-electron chi connectivity index (χ2n) is 6.41. The van der Waals surface area contributed by atoms with E-state index in [4.69, 9.17) is 0 Å². The van der Waals surface area contributed by atoms with E-state index in [-0.39, 0.29) is 5.91 Å². The summed E-state index contributed by atoms with van der Waals surface area (Å²) in [6.45, 7) is 5.50. The van der Waals surface area contributed by atoms with E-state index in [0.717, 1.165) is 30.8 Å². The van der Waals surface area contributed by atoms with Crippen molar-refractivity contribution in [2.45, 2.75) is 32.6 Å². The molecule has 0 spiro atoms. The summed E-state index contributed by atoms with van der Waals surface area (Å²) in [4.78, 5) is 14.5. The first kappa shape index (κ1) is 15.6. The third kappa shape index (κ3) is 3.55. The number of aryl methyl sites for hydroxylation is 1. The Morgan fingerprint density at radius 2 is 1.87 bits per heavy atom. The number of hydrogen-bond donors (Lipinski definition) is 1. The van der Waals surface area contributed by atoms with Gasteiger partial charge in [0.2, 0.25) is 5.91 Å². The highest BCUT2D eigenvalue weighted by Crippen LogP contribution is 2.26. The summed E-state index contributed by atoms with van der Waals surface area (Å²) in [6, 6.07) is 16.5. The average molecular weight is 308 g/mol. The molecule has 0 saturated carbocycles. The lowest BCUT2D eigenvalue weighted by molar-refractivity contribution is -0.117. The van der Waals surface area contributed by atoms with Crippen LogP contribution in [-0.4, -0.2) is 19.0 Å². The van der Waals surface area contributed by atoms with Gasteiger partial charge in [-0.1, -0.05) is 44.2 Å². The molecule has 0 unspecified atom stereocenters. The van der Waals surface area contributed by atoms with E-state index >= 15 is 0 Å². The first-order chi connectivity index (χ1) is 11.1. The van der Waals surface area contributed by atoms with Gasteiger partial charge in [-0.15, -0.1) is 0 Å². The first-order valence-corrected chi connectivity index (χ1v) is 8.37. The molecular weight excluding hydrogens is 284 g/mol. The molecule has 2 aromatic rings. The highest BCUT2D eigenvalue weighted by atomic mass is 16.2. The second-order valence-corrected chi connectivity index (χ2v) is 6.41. The van der Waals surface area contributed by atoms with Gasteiger partial charge in [-0.05, 0) is 48.1 Å². The van der Waals surface area contributed by atoms with Crippen molar-refractivity contribution >= 4 is 17.3 Å². The topological polar surface area (TPSA) is 32.3 Å². The number of para-hydroxylation sites is 1. The van der Waals surface area contributed by atoms with Gasteiger partial charge in [0.15, 0.2) is 0 Å². The fraction of sp³-hybridized carbons (Fsp3) is 0.350. The lowest BCUT2D eigenvalue weighted by atomic mass is 10.0. The minimum Gasteiger partial charge on any atom is -0.376 e. The van der Waals surface area contributed by atoms with E-state index in [1.165, 1.54) is 11.1 Å². The monoisotopic (exact) mass is 308 g/mol. The molecule has 1 amide bonds. The van der Waals surface area contributed by atoms with Gasteiger partial charge in [0.05, 0.1) is 6.54 Å². The number of carbonyl (C=O) groups excluding carboxylic acids is 1. The molecule has 120 valence electrons. The molecule has 1 aliphatic rings. The maximum absolute atomic E-state index is 12.6. The van der Waals surface area contributed by atoms with E-state index < -0.39 is 0 Å². The van der Waals surface area contributed by atoms with Crippen LogP contribution in [0.25, 0.3) is 0 Å². The van der Waals surface area contributed by atoms with Crippen molar-refractivity contribution in [2.24, 2.45) is 0 Å². The SMILES string of the molecule is CC(C)c1ccc(NCC(=O)N2CCCc3ccccc32)cc1. The summed E-state index contributed by atoms with van der Waals surface area (Å²) in [5.41, 5.74) is 4.65. The molecule has 23 heavy (non-hydrogen) atoms. The summed E-state index contributed by atoms with van der Waals surface area (Å²) >= 11 is 0. The van der Waals surface area contributed by atoms with Crippen molar-refractivity contribution in [3.63, 3.8) is 0 Å². The van der Waals surface area contributed by atoms with Crippen LogP contribution in [0.2, 0.25) is 0 Å². The number of hydrogen-bond acceptors (Lipinski definition) is 2. The Hall–Kier alpha value is -2.29. The number of nitrogens with one attached hydrogen (secondary N) is 1. The molecular formula is C20H24N2O. The number of nitrogens with zero attached hydrogens (tertiary/aromatic N) is 1. The zero-order valence-corrected chi connectivity index (χ0v) is 13.9. The van der Waals surface area contributed by atoms with Gasteiger partial charge in [0.25, 0.3) is 0 Å². The van der Waals surface area contributed by atoms with Crippen molar-refractivity contribution < 1.29 is 4.79 Å². The van der Waals surface area contributed by atoms with Gasteiger partial charge in [-0.25, -0.2) is 0 Å². The molecule has 1 heterocycles. The third-order valence-corrected chi connectivity index (χ3v) is 4.43. The van der Waals surface area contributed by atoms with Crippen LogP contribution in [0.1, 0.15) is 37.3 Å². The first-order valence-electron chi connectivity index (χ1n) is 8.37. The Balaban J connectivity index is 1.64. The maximum atomic E-state index is 12.6. The predicted molar refractivity (Wildman–Crippen MR) is 96.1 cm³/mol. The van der Waals surface area contributed by atoms with E-state index in [1.54, 1.807) is 0 Å². The van der Waals surface area contributed by atoms with Crippen LogP contribution in [0, 0.1) is 0 Å². The quantitative estimate of drug-likeness (QED) is 0.918. The predicted octanol–water partition coefficient (Wildman–Crippen LogP) is 4.20. The van der Waals surface area contributed by atoms with Crippen LogP contribution >= 0.6 is 0 Å². The lowest BCUT2D eigenvalue weighted by Crippen LogP contribution is -2.39. The molecule has 1 aliphatic heterocycles. The van der Waals surface area contributed by atoms with E-state index in [0.29, 0.717) is 12.5 Å². The molecule has 0 aromatic heterocycles. The van der Waals surface area contributed by atoms with Gasteiger partial charge >= 0.3 is 0 Å². The highest BCUT2D eigenvalue weighted by molar-refractivity contribution is 5.97. The minimum absolute atomic E-state index is 0.130. The number of anilines is 2. The second kappa shape index (κ2) is 6.86. The van der Waals surface area contributed by atoms with Crippen LogP contribution in [0.3, 0.4) is 0 Å². The Morgan fingerprint density at radius 1 is 1.13 bits per heavy atom. The minimum atomic E-state index is 0.130. The zero-order valence-electron chi connectivity index (χ0n) is 13.9. The molecule has 0 radical (unpaired) electrons. The molecule has 3 rings (SSSR count). The Morgan fingerprint density at radius 3 is 2.61 bits per heavy atom. The summed E-state index contributed by atoms with van der Waals surface area (Å²) in [5, 5.41) is 3.25. The summed E-state index contributed by atoms with van der Waals surface area (Å²) in [5.74, 6) is 0.653. The van der Waals surface area contributed by atoms with Crippen molar-refractivity contribution in [3.8, 4) is 0 Å². The summed E-state index contributed by atoms with van der Waals surface area (Å²) < 4.78 is 0. The van der Waals surface area contributed by atoms with Crippen molar-refractivity contribution in [2.75, 3.05) is 23.3 Å². The van der Waals surface area contributed by atoms with Crippen LogP contribution in [-0.2, 0) is 11.2 Å². The van der Waals surface area contributed by atoms with Crippen molar-refractivity contribution in [1.82, 2.24) is 0 Å². The van der Waals surface area contributed by atoms with Crippen LogP contribution in [0.5, 0.6) is 0 Å². The van der Waals surface area contributed by atoms with Gasteiger partial charge < -0.3 is 10.2 Å². The average Bonchev–Trinajstić information content (AvgIpc) is 2.59. The smallest absolute Gasteiger partial charge is 0.246 e. The molecule has 0 bridgehead atoms. The maximum Gasteiger partial charge on any atom is 0.246 e. The third-order valence-electron chi connectivity index (χ3n) is 4.43. The van der Waals surface area contributed by atoms with Gasteiger partial charge in [0.1, 0.15) is 0 Å². The molecule has 3 heteroatoms. The van der Waals surface area contributed by atoms with E-state index in [9.17, 15) is 4.79 Å². The standard InChI is InChI=1S/C20H24N2O/c1-15(2)16-9-11-18(12-10-16)21-14-20(23)22-13-5-7-17-6-3-4-8-19(17)22/h3-4,6,8-12,15,21H,5,7,13-14H2,1-2H3. The van der Waals surface area contributed by atoms with E-state index in [1.807, 2.05) is 35.2 Å². The number of rotatable bonds is 4. The van der Waals surface area contributed by atoms with Crippen LogP contribution in [0.15, 0.2) is 48.5 Å². The largest absolute Gasteiger partial charge is 0.376 e. The van der Waals surface area contributed by atoms with E-state index in [2.05, 4.69) is 37.4 Å². The number of carbonyl (C=O) groups is 1. The Bertz CT molecular complexity index is 676. The van der Waals surface area contributed by atoms with Crippen molar-refractivity contribution in [3.05, 3.63) is 59.7 Å². The molecule has 0 saturated heterocycles. The van der Waals surface area contributed by atoms with Gasteiger partial charge in [-0.3, -0.25) is 4.79 Å². The summed E-state index contributed by atoms with van der Waals surface area (Å²) in [6.07, 6.45) is 2.09. The zero-order chi connectivity index (χ0) is 16.2.